The molecular weight excluding hydrogens is 356 g/mol. The molecule has 5 rings (SSSR count). The number of hydrogen-bond acceptors (Lipinski definition) is 4. The number of nitrogens with one attached hydrogen (secondary N) is 3. The molecule has 1 unspecified atom stereocenters. The van der Waals surface area contributed by atoms with E-state index in [1.165, 1.54) is 19.8 Å². The minimum Gasteiger partial charge on any atom is -0.441 e. The van der Waals surface area contributed by atoms with Gasteiger partial charge in [0.1, 0.15) is 11.6 Å². The van der Waals surface area contributed by atoms with Crippen LogP contribution in [-0.4, -0.2) is 46.9 Å². The number of ether oxygens (including phenoxy) is 1. The number of carbonyl (C=O) groups excluding carboxylic acids is 2. The summed E-state index contributed by atoms with van der Waals surface area (Å²) in [5, 5.41) is 5.90. The Hall–Kier alpha value is -2.80. The molecule has 148 valence electrons. The third-order valence-electron chi connectivity index (χ3n) is 5.79. The normalized spacial score (nSPS) is 25.9. The van der Waals surface area contributed by atoms with E-state index in [-0.39, 0.29) is 17.9 Å². The largest absolute Gasteiger partial charge is 0.441 e. The number of fused-ring (bicyclic) bond motifs is 3. The number of carbonyl (C=O) groups is 2. The first-order valence-corrected chi connectivity index (χ1v) is 9.79. The van der Waals surface area contributed by atoms with Crippen molar-refractivity contribution in [1.82, 2.24) is 15.2 Å². The van der Waals surface area contributed by atoms with Crippen molar-refractivity contribution in [2.45, 2.75) is 38.8 Å². The second kappa shape index (κ2) is 7.67. The van der Waals surface area contributed by atoms with Gasteiger partial charge in [-0.15, -0.1) is 0 Å². The first-order valence-electron chi connectivity index (χ1n) is 9.79. The van der Waals surface area contributed by atoms with Crippen LogP contribution in [0.1, 0.15) is 37.0 Å². The lowest BCUT2D eigenvalue weighted by molar-refractivity contribution is -0.114. The summed E-state index contributed by atoms with van der Waals surface area (Å²) < 4.78 is 5.74. The molecule has 3 N–H and O–H groups in total. The number of aromatic amines is 1. The maximum atomic E-state index is 12.7. The zero-order chi connectivity index (χ0) is 19.7. The maximum Gasteiger partial charge on any atom is 0.251 e. The van der Waals surface area contributed by atoms with Gasteiger partial charge in [0, 0.05) is 30.6 Å². The highest BCUT2D eigenvalue weighted by atomic mass is 16.5. The number of anilines is 1. The number of aromatic nitrogens is 1. The van der Waals surface area contributed by atoms with Crippen LogP contribution < -0.4 is 15.4 Å². The van der Waals surface area contributed by atoms with Gasteiger partial charge in [-0.25, -0.2) is 0 Å². The summed E-state index contributed by atoms with van der Waals surface area (Å²) >= 11 is 0. The molecule has 0 spiro atoms. The number of rotatable bonds is 5. The van der Waals surface area contributed by atoms with Gasteiger partial charge in [-0.3, -0.25) is 14.5 Å². The number of benzene rings is 1. The Morgan fingerprint density at radius 3 is 2.46 bits per heavy atom. The van der Waals surface area contributed by atoms with E-state index in [1.807, 2.05) is 0 Å². The minimum atomic E-state index is -0.152. The summed E-state index contributed by atoms with van der Waals surface area (Å²) in [6.07, 6.45) is 2.33. The smallest absolute Gasteiger partial charge is 0.251 e. The van der Waals surface area contributed by atoms with E-state index in [0.29, 0.717) is 35.0 Å². The van der Waals surface area contributed by atoms with Gasteiger partial charge >= 0.3 is 0 Å². The van der Waals surface area contributed by atoms with E-state index in [1.54, 1.807) is 36.4 Å². The zero-order valence-corrected chi connectivity index (χ0v) is 16.2. The molecule has 0 aliphatic carbocycles. The Bertz CT molecular complexity index is 851. The van der Waals surface area contributed by atoms with Gasteiger partial charge in [-0.1, -0.05) is 0 Å². The fraction of sp³-hybridized carbons (Fsp3) is 0.429. The topological polar surface area (TPSA) is 86.5 Å². The van der Waals surface area contributed by atoms with Crippen molar-refractivity contribution in [2.75, 3.05) is 18.4 Å². The average Bonchev–Trinajstić information content (AvgIpc) is 3.11. The molecule has 3 fully saturated rings. The molecule has 2 atom stereocenters. The van der Waals surface area contributed by atoms with E-state index >= 15 is 0 Å². The molecule has 7 heteroatoms. The van der Waals surface area contributed by atoms with Crippen LogP contribution in [-0.2, 0) is 4.79 Å². The minimum absolute atomic E-state index is 0.0371. The number of amides is 2. The lowest BCUT2D eigenvalue weighted by atomic mass is 9.79. The molecule has 2 bridgehead atoms. The van der Waals surface area contributed by atoms with Crippen molar-refractivity contribution >= 4 is 17.6 Å². The summed E-state index contributed by atoms with van der Waals surface area (Å²) in [4.78, 5) is 29.2. The van der Waals surface area contributed by atoms with Gasteiger partial charge in [0.25, 0.3) is 5.91 Å². The fourth-order valence-corrected chi connectivity index (χ4v) is 4.28. The Labute approximate surface area is 164 Å². The van der Waals surface area contributed by atoms with Gasteiger partial charge in [0.05, 0.1) is 0 Å². The first kappa shape index (κ1) is 18.6. The van der Waals surface area contributed by atoms with E-state index in [2.05, 4.69) is 27.4 Å². The summed E-state index contributed by atoms with van der Waals surface area (Å²) in [6, 6.07) is 11.2. The van der Waals surface area contributed by atoms with E-state index in [9.17, 15) is 9.59 Å². The van der Waals surface area contributed by atoms with Gasteiger partial charge in [-0.05, 0) is 69.1 Å². The highest BCUT2D eigenvalue weighted by Gasteiger charge is 2.40. The molecule has 0 radical (unpaired) electrons. The molecule has 7 nitrogen and oxygen atoms in total. The highest BCUT2D eigenvalue weighted by Crippen LogP contribution is 2.32. The summed E-state index contributed by atoms with van der Waals surface area (Å²) in [5.41, 5.74) is 0.626. The van der Waals surface area contributed by atoms with Gasteiger partial charge < -0.3 is 20.4 Å². The predicted octanol–water partition coefficient (Wildman–Crippen LogP) is 2.98. The Morgan fingerprint density at radius 1 is 1.11 bits per heavy atom. The Morgan fingerprint density at radius 2 is 1.82 bits per heavy atom. The van der Waals surface area contributed by atoms with Crippen molar-refractivity contribution in [2.24, 2.45) is 5.92 Å². The van der Waals surface area contributed by atoms with Crippen LogP contribution in [0.2, 0.25) is 0 Å². The number of H-pyrrole nitrogens is 1. The zero-order valence-electron chi connectivity index (χ0n) is 16.2. The van der Waals surface area contributed by atoms with Crippen molar-refractivity contribution in [1.29, 1.82) is 0 Å². The Kier molecular flexibility index (Phi) is 5.09. The van der Waals surface area contributed by atoms with Crippen LogP contribution in [0.15, 0.2) is 36.4 Å². The average molecular weight is 382 g/mol. The lowest BCUT2D eigenvalue weighted by Crippen LogP contribution is -2.62. The third-order valence-corrected chi connectivity index (χ3v) is 5.79. The quantitative estimate of drug-likeness (QED) is 0.742. The summed E-state index contributed by atoms with van der Waals surface area (Å²) in [6.45, 7) is 5.94. The van der Waals surface area contributed by atoms with Gasteiger partial charge in [0.2, 0.25) is 5.91 Å². The maximum absolute atomic E-state index is 12.7. The molecule has 28 heavy (non-hydrogen) atoms. The first-order chi connectivity index (χ1) is 13.5. The SMILES string of the molecule is CC(=O)Nc1ccc(Oc2ccc(C(=O)N[C@@H]3C4CCN(CC4)C3C)cc2)[nH]1. The van der Waals surface area contributed by atoms with Crippen molar-refractivity contribution in [3.05, 3.63) is 42.0 Å². The van der Waals surface area contributed by atoms with Crippen LogP contribution in [0.3, 0.4) is 0 Å². The van der Waals surface area contributed by atoms with Crippen LogP contribution in [0.4, 0.5) is 5.82 Å². The summed E-state index contributed by atoms with van der Waals surface area (Å²) in [7, 11) is 0. The molecule has 3 aliphatic heterocycles. The molecule has 2 aromatic rings. The standard InChI is InChI=1S/C21H26N4O3/c1-13-20(15-9-11-25(13)12-10-15)24-21(27)16-3-5-17(6-4-16)28-19-8-7-18(23-19)22-14(2)26/h3-8,13,15,20,23H,9-12H2,1-2H3,(H,22,26)(H,24,27)/t13?,20-/m0/s1. The van der Waals surface area contributed by atoms with Crippen molar-refractivity contribution < 1.29 is 14.3 Å². The van der Waals surface area contributed by atoms with Crippen LogP contribution in [0.5, 0.6) is 11.6 Å². The third kappa shape index (κ3) is 3.89. The second-order valence-electron chi connectivity index (χ2n) is 7.66. The highest BCUT2D eigenvalue weighted by molar-refractivity contribution is 5.94. The predicted molar refractivity (Wildman–Crippen MR) is 107 cm³/mol. The van der Waals surface area contributed by atoms with Gasteiger partial charge in [0.15, 0.2) is 5.88 Å². The number of hydrogen-bond donors (Lipinski definition) is 3. The van der Waals surface area contributed by atoms with Crippen LogP contribution >= 0.6 is 0 Å². The van der Waals surface area contributed by atoms with E-state index in [0.717, 1.165) is 13.1 Å². The molecule has 3 saturated heterocycles. The van der Waals surface area contributed by atoms with E-state index in [4.69, 9.17) is 4.74 Å². The van der Waals surface area contributed by atoms with Crippen LogP contribution in [0.25, 0.3) is 0 Å². The summed E-state index contributed by atoms with van der Waals surface area (Å²) in [5.74, 6) is 2.10. The van der Waals surface area contributed by atoms with Gasteiger partial charge in [-0.2, -0.15) is 0 Å². The molecule has 2 amide bonds. The monoisotopic (exact) mass is 382 g/mol. The molecule has 0 saturated carbocycles. The second-order valence-corrected chi connectivity index (χ2v) is 7.66. The molecule has 4 heterocycles. The lowest BCUT2D eigenvalue weighted by Gasteiger charge is -2.49. The number of piperidine rings is 3. The molecule has 1 aromatic carbocycles. The Balaban J connectivity index is 1.37. The molecular formula is C21H26N4O3. The fourth-order valence-electron chi connectivity index (χ4n) is 4.28. The van der Waals surface area contributed by atoms with Crippen LogP contribution in [0, 0.1) is 5.92 Å². The van der Waals surface area contributed by atoms with Crippen molar-refractivity contribution in [3.63, 3.8) is 0 Å². The molecule has 3 aliphatic rings. The van der Waals surface area contributed by atoms with Crippen molar-refractivity contribution in [3.8, 4) is 11.6 Å². The van der Waals surface area contributed by atoms with E-state index < -0.39 is 0 Å². The molecule has 1 aromatic heterocycles. The number of nitrogens with zero attached hydrogens (tertiary/aromatic N) is 1.